The molecule has 0 unspecified atom stereocenters. The Labute approximate surface area is 163 Å². The van der Waals surface area contributed by atoms with Gasteiger partial charge in [0.05, 0.1) is 11.5 Å². The third-order valence-corrected chi connectivity index (χ3v) is 6.29. The van der Waals surface area contributed by atoms with Crippen LogP contribution in [0.3, 0.4) is 0 Å². The number of nitrogens with one attached hydrogen (secondary N) is 1. The number of likely N-dealkylation sites (tertiary alicyclic amines) is 1. The zero-order valence-electron chi connectivity index (χ0n) is 17.1. The van der Waals surface area contributed by atoms with E-state index in [1.165, 1.54) is 31.2 Å². The normalized spacial score (nSPS) is 22.4. The fourth-order valence-corrected chi connectivity index (χ4v) is 4.46. The van der Waals surface area contributed by atoms with E-state index in [-0.39, 0.29) is 17.7 Å². The van der Waals surface area contributed by atoms with Gasteiger partial charge >= 0.3 is 0 Å². The zero-order valence-corrected chi connectivity index (χ0v) is 17.1. The Kier molecular flexibility index (Phi) is 6.23. The van der Waals surface area contributed by atoms with Crippen LogP contribution in [0.1, 0.15) is 76.3 Å². The number of carbonyl (C=O) groups excluding carboxylic acids is 2. The van der Waals surface area contributed by atoms with E-state index in [9.17, 15) is 9.59 Å². The minimum Gasteiger partial charge on any atom is -0.347 e. The molecule has 0 radical (unpaired) electrons. The summed E-state index contributed by atoms with van der Waals surface area (Å²) >= 11 is 0. The molecule has 4 nitrogen and oxygen atoms in total. The average molecular weight is 371 g/mol. The second kappa shape index (κ2) is 8.45. The van der Waals surface area contributed by atoms with Gasteiger partial charge in [-0.2, -0.15) is 0 Å². The van der Waals surface area contributed by atoms with Gasteiger partial charge in [-0.1, -0.05) is 55.5 Å². The molecule has 1 saturated heterocycles. The molecule has 1 N–H and O–H groups in total. The predicted molar refractivity (Wildman–Crippen MR) is 108 cm³/mol. The summed E-state index contributed by atoms with van der Waals surface area (Å²) in [6, 6.07) is 8.66. The molecular formula is C23H34N2O2. The second-order valence-corrected chi connectivity index (χ2v) is 8.91. The molecule has 1 aromatic rings. The summed E-state index contributed by atoms with van der Waals surface area (Å²) in [4.78, 5) is 27.5. The Bertz CT molecular complexity index is 657. The predicted octanol–water partition coefficient (Wildman–Crippen LogP) is 4.31. The van der Waals surface area contributed by atoms with Gasteiger partial charge in [-0.25, -0.2) is 0 Å². The first-order valence-corrected chi connectivity index (χ1v) is 10.6. The van der Waals surface area contributed by atoms with Crippen molar-refractivity contribution in [3.8, 4) is 0 Å². The van der Waals surface area contributed by atoms with Crippen LogP contribution < -0.4 is 5.32 Å². The largest absolute Gasteiger partial charge is 0.347 e. The number of aryl methyl sites for hydroxylation is 1. The molecule has 1 saturated carbocycles. The van der Waals surface area contributed by atoms with E-state index in [4.69, 9.17) is 0 Å². The first-order valence-electron chi connectivity index (χ1n) is 10.6. The van der Waals surface area contributed by atoms with Gasteiger partial charge in [-0.15, -0.1) is 0 Å². The van der Waals surface area contributed by atoms with E-state index in [1.807, 2.05) is 18.7 Å². The van der Waals surface area contributed by atoms with Gasteiger partial charge < -0.3 is 10.2 Å². The van der Waals surface area contributed by atoms with Crippen molar-refractivity contribution in [2.75, 3.05) is 6.54 Å². The maximum Gasteiger partial charge on any atom is 0.225 e. The second-order valence-electron chi connectivity index (χ2n) is 8.91. The van der Waals surface area contributed by atoms with E-state index in [0.717, 1.165) is 18.4 Å². The molecule has 4 heteroatoms. The van der Waals surface area contributed by atoms with Gasteiger partial charge in [0.15, 0.2) is 0 Å². The first kappa shape index (κ1) is 19.9. The molecule has 1 heterocycles. The fourth-order valence-electron chi connectivity index (χ4n) is 4.46. The van der Waals surface area contributed by atoms with Crippen molar-refractivity contribution in [3.05, 3.63) is 35.4 Å². The molecule has 2 amide bonds. The summed E-state index contributed by atoms with van der Waals surface area (Å²) in [6.07, 6.45) is 8.29. The van der Waals surface area contributed by atoms with E-state index in [0.29, 0.717) is 25.4 Å². The third kappa shape index (κ3) is 4.91. The van der Waals surface area contributed by atoms with Crippen LogP contribution in [0.25, 0.3) is 0 Å². The number of hydrogen-bond donors (Lipinski definition) is 1. The molecule has 0 bridgehead atoms. The summed E-state index contributed by atoms with van der Waals surface area (Å²) in [5.41, 5.74) is 1.90. The molecule has 1 aliphatic carbocycles. The number of piperidine rings is 1. The zero-order chi connectivity index (χ0) is 19.4. The van der Waals surface area contributed by atoms with Crippen molar-refractivity contribution in [1.82, 2.24) is 10.2 Å². The maximum atomic E-state index is 13.0. The number of nitrogens with zero attached hydrogens (tertiary/aromatic N) is 1. The van der Waals surface area contributed by atoms with E-state index >= 15 is 0 Å². The van der Waals surface area contributed by atoms with Crippen LogP contribution in [0.2, 0.25) is 0 Å². The van der Waals surface area contributed by atoms with Crippen molar-refractivity contribution in [2.45, 2.75) is 83.7 Å². The van der Waals surface area contributed by atoms with Crippen molar-refractivity contribution in [2.24, 2.45) is 5.92 Å². The minimum absolute atomic E-state index is 0.0756. The third-order valence-electron chi connectivity index (χ3n) is 6.29. The SMILES string of the molecule is Cc1ccc(C(C)(C)NC(=O)[C@@H]2CCC(=O)N(C3CCCCCC3)C2)cc1. The molecule has 2 aliphatic rings. The Hall–Kier alpha value is -1.84. The summed E-state index contributed by atoms with van der Waals surface area (Å²) in [7, 11) is 0. The molecule has 148 valence electrons. The average Bonchev–Trinajstić information content (AvgIpc) is 2.91. The minimum atomic E-state index is -0.417. The molecule has 27 heavy (non-hydrogen) atoms. The number of benzene rings is 1. The van der Waals surface area contributed by atoms with Crippen LogP contribution in [0.5, 0.6) is 0 Å². The lowest BCUT2D eigenvalue weighted by Gasteiger charge is -2.39. The Morgan fingerprint density at radius 2 is 1.67 bits per heavy atom. The van der Waals surface area contributed by atoms with Gasteiger partial charge in [-0.05, 0) is 45.6 Å². The quantitative estimate of drug-likeness (QED) is 0.803. The van der Waals surface area contributed by atoms with Crippen LogP contribution in [-0.2, 0) is 15.1 Å². The Morgan fingerprint density at radius 3 is 2.30 bits per heavy atom. The summed E-state index contributed by atoms with van der Waals surface area (Å²) in [6.45, 7) is 6.75. The highest BCUT2D eigenvalue weighted by Gasteiger charge is 2.36. The van der Waals surface area contributed by atoms with Gasteiger partial charge in [0.2, 0.25) is 11.8 Å². The monoisotopic (exact) mass is 370 g/mol. The highest BCUT2D eigenvalue weighted by molar-refractivity contribution is 5.84. The molecule has 1 atom stereocenters. The number of carbonyl (C=O) groups is 2. The van der Waals surface area contributed by atoms with Crippen molar-refractivity contribution >= 4 is 11.8 Å². The smallest absolute Gasteiger partial charge is 0.225 e. The van der Waals surface area contributed by atoms with Crippen molar-refractivity contribution in [3.63, 3.8) is 0 Å². The van der Waals surface area contributed by atoms with E-state index in [1.54, 1.807) is 0 Å². The number of amides is 2. The summed E-state index contributed by atoms with van der Waals surface area (Å²) in [5.74, 6) is 0.214. The van der Waals surface area contributed by atoms with Crippen LogP contribution >= 0.6 is 0 Å². The first-order chi connectivity index (χ1) is 12.9. The molecular weight excluding hydrogens is 336 g/mol. The van der Waals surface area contributed by atoms with Gasteiger partial charge in [0.1, 0.15) is 0 Å². The molecule has 1 aliphatic heterocycles. The topological polar surface area (TPSA) is 49.4 Å². The fraction of sp³-hybridized carbons (Fsp3) is 0.652. The maximum absolute atomic E-state index is 13.0. The van der Waals surface area contributed by atoms with Crippen LogP contribution in [0, 0.1) is 12.8 Å². The molecule has 0 aromatic heterocycles. The summed E-state index contributed by atoms with van der Waals surface area (Å²) in [5, 5.41) is 3.24. The Morgan fingerprint density at radius 1 is 1.04 bits per heavy atom. The van der Waals surface area contributed by atoms with Gasteiger partial charge in [0, 0.05) is 19.0 Å². The lowest BCUT2D eigenvalue weighted by Crippen LogP contribution is -2.52. The van der Waals surface area contributed by atoms with E-state index in [2.05, 4.69) is 36.5 Å². The lowest BCUT2D eigenvalue weighted by atomic mass is 9.90. The number of rotatable bonds is 4. The standard InChI is InChI=1S/C23H34N2O2/c1-17-10-13-19(14-11-17)23(2,3)24-22(27)18-12-15-21(26)25(16-18)20-8-6-4-5-7-9-20/h10-11,13-14,18,20H,4-9,12,15-16H2,1-3H3,(H,24,27)/t18-/m1/s1. The lowest BCUT2D eigenvalue weighted by molar-refractivity contribution is -0.141. The molecule has 3 rings (SSSR count). The molecule has 2 fully saturated rings. The van der Waals surface area contributed by atoms with Gasteiger partial charge in [-0.3, -0.25) is 9.59 Å². The van der Waals surface area contributed by atoms with Crippen molar-refractivity contribution < 1.29 is 9.59 Å². The van der Waals surface area contributed by atoms with Crippen molar-refractivity contribution in [1.29, 1.82) is 0 Å². The summed E-state index contributed by atoms with van der Waals surface area (Å²) < 4.78 is 0. The Balaban J connectivity index is 1.65. The van der Waals surface area contributed by atoms with E-state index < -0.39 is 5.54 Å². The molecule has 1 aromatic carbocycles. The highest BCUT2D eigenvalue weighted by Crippen LogP contribution is 2.28. The van der Waals surface area contributed by atoms with Crippen LogP contribution in [-0.4, -0.2) is 29.3 Å². The van der Waals surface area contributed by atoms with Crippen LogP contribution in [0.15, 0.2) is 24.3 Å². The number of hydrogen-bond acceptors (Lipinski definition) is 2. The van der Waals surface area contributed by atoms with Crippen LogP contribution in [0.4, 0.5) is 0 Å². The molecule has 0 spiro atoms. The van der Waals surface area contributed by atoms with Gasteiger partial charge in [0.25, 0.3) is 0 Å². The highest BCUT2D eigenvalue weighted by atomic mass is 16.2.